The van der Waals surface area contributed by atoms with Crippen LogP contribution in [0.3, 0.4) is 0 Å². The Hall–Kier alpha value is -2.93. The van der Waals surface area contributed by atoms with Crippen LogP contribution in [0.2, 0.25) is 0 Å². The summed E-state index contributed by atoms with van der Waals surface area (Å²) in [4.78, 5) is 15.3. The second-order valence-electron chi connectivity index (χ2n) is 5.66. The number of hydrogen-bond acceptors (Lipinski definition) is 5. The van der Waals surface area contributed by atoms with Crippen molar-refractivity contribution in [2.75, 3.05) is 6.61 Å². The number of nitrogens with zero attached hydrogens (tertiary/aromatic N) is 1. The first-order chi connectivity index (χ1) is 12.1. The molecule has 7 heteroatoms. The number of benzene rings is 2. The fourth-order valence-corrected chi connectivity index (χ4v) is 2.45. The normalized spacial score (nSPS) is 16.1. The number of amides is 1. The monoisotopic (exact) mass is 344 g/mol. The van der Waals surface area contributed by atoms with E-state index in [1.807, 2.05) is 31.2 Å². The first-order valence-electron chi connectivity index (χ1n) is 7.69. The summed E-state index contributed by atoms with van der Waals surface area (Å²) in [6.07, 6.45) is 0. The predicted octanol–water partition coefficient (Wildman–Crippen LogP) is 2.36. The van der Waals surface area contributed by atoms with Crippen LogP contribution in [0.25, 0.3) is 0 Å². The Balaban J connectivity index is 1.70. The first-order valence-corrected chi connectivity index (χ1v) is 7.69. The Morgan fingerprint density at radius 1 is 1.40 bits per heavy atom. The first kappa shape index (κ1) is 16.9. The van der Waals surface area contributed by atoms with Crippen LogP contribution >= 0.6 is 0 Å². The van der Waals surface area contributed by atoms with Crippen LogP contribution in [-0.2, 0) is 16.1 Å². The average molecular weight is 344 g/mol. The molecule has 0 aromatic heterocycles. The Morgan fingerprint density at radius 3 is 2.96 bits per heavy atom. The van der Waals surface area contributed by atoms with E-state index in [1.54, 1.807) is 6.07 Å². The molecule has 2 N–H and O–H groups in total. The van der Waals surface area contributed by atoms with Crippen molar-refractivity contribution in [1.82, 2.24) is 5.48 Å². The third-order valence-corrected chi connectivity index (χ3v) is 3.72. The SMILES string of the molecule is Cc1cccc(COc2ccc(C3=NC(C(=O)NO)CO3)cc2F)c1. The maximum atomic E-state index is 14.3. The van der Waals surface area contributed by atoms with Crippen molar-refractivity contribution < 1.29 is 23.9 Å². The van der Waals surface area contributed by atoms with E-state index in [4.69, 9.17) is 14.7 Å². The number of carbonyl (C=O) groups is 1. The minimum absolute atomic E-state index is 0.00500. The van der Waals surface area contributed by atoms with Crippen molar-refractivity contribution >= 4 is 11.8 Å². The number of halogens is 1. The number of hydroxylamine groups is 1. The molecule has 1 unspecified atom stereocenters. The van der Waals surface area contributed by atoms with Gasteiger partial charge in [-0.05, 0) is 30.7 Å². The standard InChI is InChI=1S/C18H17FN2O4/c1-11-3-2-4-12(7-11)9-24-16-6-5-13(8-14(16)19)18-20-15(10-25-18)17(22)21-23/h2-8,15,23H,9-10H2,1H3,(H,21,22). The van der Waals surface area contributed by atoms with Crippen LogP contribution in [0.15, 0.2) is 47.5 Å². The summed E-state index contributed by atoms with van der Waals surface area (Å²) in [5, 5.41) is 8.60. The Bertz CT molecular complexity index is 822. The van der Waals surface area contributed by atoms with Gasteiger partial charge in [-0.2, -0.15) is 0 Å². The van der Waals surface area contributed by atoms with Crippen LogP contribution in [0.4, 0.5) is 4.39 Å². The van der Waals surface area contributed by atoms with Crippen molar-refractivity contribution in [3.63, 3.8) is 0 Å². The summed E-state index contributed by atoms with van der Waals surface area (Å²) in [7, 11) is 0. The van der Waals surface area contributed by atoms with Gasteiger partial charge in [0.2, 0.25) is 5.90 Å². The van der Waals surface area contributed by atoms with Gasteiger partial charge in [0.15, 0.2) is 17.6 Å². The van der Waals surface area contributed by atoms with Gasteiger partial charge in [-0.3, -0.25) is 10.0 Å². The summed E-state index contributed by atoms with van der Waals surface area (Å²) in [6, 6.07) is 11.3. The van der Waals surface area contributed by atoms with Crippen molar-refractivity contribution in [1.29, 1.82) is 0 Å². The molecule has 1 atom stereocenters. The molecule has 1 amide bonds. The van der Waals surface area contributed by atoms with E-state index in [2.05, 4.69) is 4.99 Å². The van der Waals surface area contributed by atoms with E-state index >= 15 is 0 Å². The maximum absolute atomic E-state index is 14.3. The molecule has 0 spiro atoms. The molecule has 130 valence electrons. The van der Waals surface area contributed by atoms with Gasteiger partial charge >= 0.3 is 0 Å². The Kier molecular flexibility index (Phi) is 4.95. The highest BCUT2D eigenvalue weighted by Crippen LogP contribution is 2.22. The van der Waals surface area contributed by atoms with Crippen molar-refractivity contribution in [2.24, 2.45) is 4.99 Å². The fourth-order valence-electron chi connectivity index (χ4n) is 2.45. The lowest BCUT2D eigenvalue weighted by Gasteiger charge is -2.09. The van der Waals surface area contributed by atoms with Gasteiger partial charge in [0, 0.05) is 5.56 Å². The summed E-state index contributed by atoms with van der Waals surface area (Å²) in [6.45, 7) is 2.23. The number of aliphatic imine (C=N–C) groups is 1. The van der Waals surface area contributed by atoms with E-state index in [1.165, 1.54) is 17.6 Å². The topological polar surface area (TPSA) is 80.2 Å². The molecule has 6 nitrogen and oxygen atoms in total. The highest BCUT2D eigenvalue weighted by molar-refractivity contribution is 5.98. The molecule has 0 bridgehead atoms. The van der Waals surface area contributed by atoms with E-state index in [0.717, 1.165) is 11.1 Å². The number of hydrogen-bond donors (Lipinski definition) is 2. The lowest BCUT2D eigenvalue weighted by Crippen LogP contribution is -2.31. The minimum atomic E-state index is -0.847. The molecule has 0 saturated carbocycles. The molecular formula is C18H17FN2O4. The fraction of sp³-hybridized carbons (Fsp3) is 0.222. The van der Waals surface area contributed by atoms with E-state index in [9.17, 15) is 9.18 Å². The van der Waals surface area contributed by atoms with Crippen molar-refractivity contribution in [3.8, 4) is 5.75 Å². The zero-order valence-corrected chi connectivity index (χ0v) is 13.5. The second kappa shape index (κ2) is 7.31. The predicted molar refractivity (Wildman–Crippen MR) is 88.1 cm³/mol. The number of rotatable bonds is 5. The Morgan fingerprint density at radius 2 is 2.24 bits per heavy atom. The molecule has 3 rings (SSSR count). The molecule has 0 saturated heterocycles. The van der Waals surface area contributed by atoms with Gasteiger partial charge in [-0.1, -0.05) is 29.8 Å². The smallest absolute Gasteiger partial charge is 0.271 e. The van der Waals surface area contributed by atoms with Crippen LogP contribution in [0.1, 0.15) is 16.7 Å². The average Bonchev–Trinajstić information content (AvgIpc) is 3.10. The zero-order valence-electron chi connectivity index (χ0n) is 13.5. The van der Waals surface area contributed by atoms with E-state index < -0.39 is 17.8 Å². The maximum Gasteiger partial charge on any atom is 0.271 e. The largest absolute Gasteiger partial charge is 0.486 e. The molecule has 2 aromatic rings. The number of ether oxygens (including phenoxy) is 2. The van der Waals surface area contributed by atoms with Gasteiger partial charge in [-0.25, -0.2) is 14.9 Å². The number of nitrogens with one attached hydrogen (secondary N) is 1. The second-order valence-corrected chi connectivity index (χ2v) is 5.66. The van der Waals surface area contributed by atoms with E-state index in [-0.39, 0.29) is 24.9 Å². The van der Waals surface area contributed by atoms with Gasteiger partial charge in [-0.15, -0.1) is 0 Å². The van der Waals surface area contributed by atoms with Crippen LogP contribution in [0, 0.1) is 12.7 Å². The molecule has 25 heavy (non-hydrogen) atoms. The lowest BCUT2D eigenvalue weighted by atomic mass is 10.1. The molecule has 0 radical (unpaired) electrons. The Labute approximate surface area is 143 Å². The van der Waals surface area contributed by atoms with Crippen LogP contribution in [0.5, 0.6) is 5.75 Å². The summed E-state index contributed by atoms with van der Waals surface area (Å²) in [5.74, 6) is -0.952. The van der Waals surface area contributed by atoms with Gasteiger partial charge < -0.3 is 9.47 Å². The highest BCUT2D eigenvalue weighted by atomic mass is 19.1. The molecule has 0 aliphatic carbocycles. The van der Waals surface area contributed by atoms with Crippen LogP contribution in [-0.4, -0.2) is 29.7 Å². The third-order valence-electron chi connectivity index (χ3n) is 3.72. The summed E-state index contributed by atoms with van der Waals surface area (Å²) < 4.78 is 25.1. The molecule has 1 heterocycles. The van der Waals surface area contributed by atoms with Gasteiger partial charge in [0.1, 0.15) is 13.2 Å². The minimum Gasteiger partial charge on any atom is -0.486 e. The number of carbonyl (C=O) groups excluding carboxylic acids is 1. The van der Waals surface area contributed by atoms with Gasteiger partial charge in [0.05, 0.1) is 0 Å². The summed E-state index contributed by atoms with van der Waals surface area (Å²) in [5.41, 5.74) is 3.97. The quantitative estimate of drug-likeness (QED) is 0.645. The van der Waals surface area contributed by atoms with Crippen molar-refractivity contribution in [3.05, 3.63) is 65.0 Å². The zero-order chi connectivity index (χ0) is 17.8. The number of aryl methyl sites for hydroxylation is 1. The highest BCUT2D eigenvalue weighted by Gasteiger charge is 2.26. The van der Waals surface area contributed by atoms with Crippen molar-refractivity contribution in [2.45, 2.75) is 19.6 Å². The molecule has 2 aromatic carbocycles. The molecule has 1 aliphatic heterocycles. The van der Waals surface area contributed by atoms with Gasteiger partial charge in [0.25, 0.3) is 5.91 Å². The molecular weight excluding hydrogens is 327 g/mol. The molecule has 0 fully saturated rings. The lowest BCUT2D eigenvalue weighted by molar-refractivity contribution is -0.130. The third kappa shape index (κ3) is 3.95. The van der Waals surface area contributed by atoms with Crippen LogP contribution < -0.4 is 10.2 Å². The van der Waals surface area contributed by atoms with E-state index in [0.29, 0.717) is 5.56 Å². The summed E-state index contributed by atoms with van der Waals surface area (Å²) >= 11 is 0. The molecule has 1 aliphatic rings.